The number of hydrogen-bond donors (Lipinski definition) is 1. The molecule has 0 amide bonds. The molecule has 1 aliphatic rings. The van der Waals surface area contributed by atoms with Gasteiger partial charge in [0.15, 0.2) is 0 Å². The molecule has 19 heavy (non-hydrogen) atoms. The average molecular weight is 263 g/mol. The van der Waals surface area contributed by atoms with E-state index in [1.54, 1.807) is 7.11 Å². The van der Waals surface area contributed by atoms with Gasteiger partial charge in [0.05, 0.1) is 12.8 Å². The largest absolute Gasteiger partial charge is 0.495 e. The van der Waals surface area contributed by atoms with Crippen molar-refractivity contribution in [1.29, 1.82) is 0 Å². The zero-order valence-corrected chi connectivity index (χ0v) is 12.4. The van der Waals surface area contributed by atoms with E-state index in [0.29, 0.717) is 18.6 Å². The minimum atomic E-state index is 0.397. The highest BCUT2D eigenvalue weighted by atomic mass is 16.5. The van der Waals surface area contributed by atoms with Crippen molar-refractivity contribution >= 4 is 5.69 Å². The summed E-state index contributed by atoms with van der Waals surface area (Å²) in [7, 11) is 3.89. The van der Waals surface area contributed by atoms with Crippen LogP contribution in [0, 0.1) is 6.92 Å². The van der Waals surface area contributed by atoms with Gasteiger partial charge in [-0.15, -0.1) is 0 Å². The molecule has 0 saturated carbocycles. The van der Waals surface area contributed by atoms with Crippen molar-refractivity contribution in [3.63, 3.8) is 0 Å². The first-order chi connectivity index (χ1) is 9.06. The van der Waals surface area contributed by atoms with Gasteiger partial charge in [-0.05, 0) is 38.6 Å². The van der Waals surface area contributed by atoms with Gasteiger partial charge in [0, 0.05) is 31.7 Å². The zero-order valence-electron chi connectivity index (χ0n) is 12.4. The number of nitrogens with zero attached hydrogens (tertiary/aromatic N) is 2. The topological polar surface area (TPSA) is 41.7 Å². The molecule has 106 valence electrons. The predicted octanol–water partition coefficient (Wildman–Crippen LogP) is 1.47. The molecule has 0 bridgehead atoms. The SMILES string of the molecule is COc1ccc(C)cc1N1CC(C)N(C)C(CN)C1. The van der Waals surface area contributed by atoms with Crippen molar-refractivity contribution in [2.24, 2.45) is 5.73 Å². The summed E-state index contributed by atoms with van der Waals surface area (Å²) in [6.07, 6.45) is 0. The third kappa shape index (κ3) is 2.85. The number of hydrogen-bond acceptors (Lipinski definition) is 4. The number of piperazine rings is 1. The van der Waals surface area contributed by atoms with E-state index < -0.39 is 0 Å². The number of nitrogens with two attached hydrogens (primary N) is 1. The number of anilines is 1. The monoisotopic (exact) mass is 263 g/mol. The van der Waals surface area contributed by atoms with Crippen LogP contribution in [-0.4, -0.2) is 50.8 Å². The lowest BCUT2D eigenvalue weighted by Gasteiger charge is -2.44. The highest BCUT2D eigenvalue weighted by molar-refractivity contribution is 5.60. The highest BCUT2D eigenvalue weighted by Gasteiger charge is 2.29. The number of benzene rings is 1. The van der Waals surface area contributed by atoms with E-state index in [4.69, 9.17) is 10.5 Å². The summed E-state index contributed by atoms with van der Waals surface area (Å²) in [4.78, 5) is 4.77. The summed E-state index contributed by atoms with van der Waals surface area (Å²) in [5, 5.41) is 0. The zero-order chi connectivity index (χ0) is 14.0. The second-order valence-corrected chi connectivity index (χ2v) is 5.48. The summed E-state index contributed by atoms with van der Waals surface area (Å²) in [6, 6.07) is 7.22. The van der Waals surface area contributed by atoms with Crippen molar-refractivity contribution in [3.05, 3.63) is 23.8 Å². The molecule has 4 nitrogen and oxygen atoms in total. The normalized spacial score (nSPS) is 24.6. The molecule has 1 saturated heterocycles. The van der Waals surface area contributed by atoms with Gasteiger partial charge in [0.2, 0.25) is 0 Å². The molecule has 1 heterocycles. The number of likely N-dealkylation sites (N-methyl/N-ethyl adjacent to an activating group) is 1. The van der Waals surface area contributed by atoms with Crippen molar-refractivity contribution in [1.82, 2.24) is 4.90 Å². The minimum Gasteiger partial charge on any atom is -0.495 e. The molecule has 0 aromatic heterocycles. The van der Waals surface area contributed by atoms with Crippen LogP contribution in [0.1, 0.15) is 12.5 Å². The molecule has 0 spiro atoms. The van der Waals surface area contributed by atoms with Gasteiger partial charge in [-0.25, -0.2) is 0 Å². The number of rotatable bonds is 3. The second kappa shape index (κ2) is 5.80. The van der Waals surface area contributed by atoms with Gasteiger partial charge in [-0.1, -0.05) is 6.07 Å². The first-order valence-corrected chi connectivity index (χ1v) is 6.88. The number of aryl methyl sites for hydroxylation is 1. The van der Waals surface area contributed by atoms with Gasteiger partial charge >= 0.3 is 0 Å². The Kier molecular flexibility index (Phi) is 4.32. The Morgan fingerprint density at radius 2 is 2.11 bits per heavy atom. The van der Waals surface area contributed by atoms with Crippen molar-refractivity contribution in [3.8, 4) is 5.75 Å². The van der Waals surface area contributed by atoms with Crippen molar-refractivity contribution < 1.29 is 4.74 Å². The van der Waals surface area contributed by atoms with E-state index in [0.717, 1.165) is 18.8 Å². The number of ether oxygens (including phenoxy) is 1. The predicted molar refractivity (Wildman–Crippen MR) is 80.0 cm³/mol. The van der Waals surface area contributed by atoms with Gasteiger partial charge in [-0.2, -0.15) is 0 Å². The molecule has 4 heteroatoms. The summed E-state index contributed by atoms with van der Waals surface area (Å²) in [5.41, 5.74) is 8.33. The quantitative estimate of drug-likeness (QED) is 0.897. The minimum absolute atomic E-state index is 0.397. The van der Waals surface area contributed by atoms with Gasteiger partial charge in [0.1, 0.15) is 5.75 Å². The molecule has 0 aliphatic carbocycles. The average Bonchev–Trinajstić information content (AvgIpc) is 2.41. The summed E-state index contributed by atoms with van der Waals surface area (Å²) < 4.78 is 5.50. The Labute approximate surface area is 116 Å². The van der Waals surface area contributed by atoms with E-state index in [-0.39, 0.29) is 0 Å². The molecule has 1 aromatic rings. The van der Waals surface area contributed by atoms with E-state index >= 15 is 0 Å². The third-order valence-electron chi connectivity index (χ3n) is 4.13. The maximum Gasteiger partial charge on any atom is 0.142 e. The molecule has 1 aromatic carbocycles. The van der Waals surface area contributed by atoms with Crippen molar-refractivity contribution in [2.45, 2.75) is 25.9 Å². The Morgan fingerprint density at radius 1 is 1.37 bits per heavy atom. The van der Waals surface area contributed by atoms with Gasteiger partial charge in [-0.3, -0.25) is 4.90 Å². The van der Waals surface area contributed by atoms with Crippen molar-refractivity contribution in [2.75, 3.05) is 38.7 Å². The first kappa shape index (κ1) is 14.2. The molecule has 2 unspecified atom stereocenters. The molecule has 0 radical (unpaired) electrons. The maximum atomic E-state index is 5.90. The molecular weight excluding hydrogens is 238 g/mol. The van der Waals surface area contributed by atoms with Crippen LogP contribution in [-0.2, 0) is 0 Å². The second-order valence-electron chi connectivity index (χ2n) is 5.48. The Balaban J connectivity index is 2.28. The van der Waals surface area contributed by atoms with Gasteiger partial charge in [0.25, 0.3) is 0 Å². The molecule has 2 rings (SSSR count). The third-order valence-corrected chi connectivity index (χ3v) is 4.13. The fourth-order valence-electron chi connectivity index (χ4n) is 2.75. The van der Waals surface area contributed by atoms with E-state index in [9.17, 15) is 0 Å². The fourth-order valence-corrected chi connectivity index (χ4v) is 2.75. The van der Waals surface area contributed by atoms with Crippen LogP contribution >= 0.6 is 0 Å². The first-order valence-electron chi connectivity index (χ1n) is 6.88. The lowest BCUT2D eigenvalue weighted by Crippen LogP contribution is -2.58. The van der Waals surface area contributed by atoms with E-state index in [2.05, 4.69) is 42.8 Å². The summed E-state index contributed by atoms with van der Waals surface area (Å²) in [6.45, 7) is 7.01. The smallest absolute Gasteiger partial charge is 0.142 e. The summed E-state index contributed by atoms with van der Waals surface area (Å²) >= 11 is 0. The molecule has 1 aliphatic heterocycles. The van der Waals surface area contributed by atoms with Crippen LogP contribution in [0.15, 0.2) is 18.2 Å². The molecule has 1 fully saturated rings. The lowest BCUT2D eigenvalue weighted by molar-refractivity contribution is 0.162. The van der Waals surface area contributed by atoms with E-state index in [1.807, 2.05) is 6.07 Å². The molecular formula is C15H25N3O. The maximum absolute atomic E-state index is 5.90. The van der Waals surface area contributed by atoms with Crippen LogP contribution < -0.4 is 15.4 Å². The van der Waals surface area contributed by atoms with Crippen LogP contribution in [0.2, 0.25) is 0 Å². The van der Waals surface area contributed by atoms with Crippen LogP contribution in [0.25, 0.3) is 0 Å². The summed E-state index contributed by atoms with van der Waals surface area (Å²) in [5.74, 6) is 0.943. The molecule has 2 N–H and O–H groups in total. The Morgan fingerprint density at radius 3 is 2.74 bits per heavy atom. The van der Waals surface area contributed by atoms with Crippen LogP contribution in [0.4, 0.5) is 5.69 Å². The molecule has 2 atom stereocenters. The van der Waals surface area contributed by atoms with E-state index in [1.165, 1.54) is 11.3 Å². The standard InChI is InChI=1S/C15H25N3O/c1-11-5-6-15(19-4)14(7-11)18-9-12(2)17(3)13(8-16)10-18/h5-7,12-13H,8-10,16H2,1-4H3. The lowest BCUT2D eigenvalue weighted by atomic mass is 10.1. The van der Waals surface area contributed by atoms with Crippen LogP contribution in [0.5, 0.6) is 5.75 Å². The fraction of sp³-hybridized carbons (Fsp3) is 0.600. The highest BCUT2D eigenvalue weighted by Crippen LogP contribution is 2.31. The van der Waals surface area contributed by atoms with Crippen LogP contribution in [0.3, 0.4) is 0 Å². The Bertz CT molecular complexity index is 435. The number of methoxy groups -OCH3 is 1. The van der Waals surface area contributed by atoms with Gasteiger partial charge < -0.3 is 15.4 Å². The Hall–Kier alpha value is -1.26.